The third-order valence-electron chi connectivity index (χ3n) is 2.79. The number of hydrogen-bond donors (Lipinski definition) is 0. The summed E-state index contributed by atoms with van der Waals surface area (Å²) in [7, 11) is 1.76. The van der Waals surface area contributed by atoms with Crippen molar-refractivity contribution in [1.29, 1.82) is 0 Å². The molecule has 0 unspecified atom stereocenters. The Balaban J connectivity index is 2.27. The van der Waals surface area contributed by atoms with Crippen molar-refractivity contribution in [2.45, 2.75) is 45.3 Å². The molecule has 0 saturated carbocycles. The maximum Gasteiger partial charge on any atom is 0.0628 e. The Bertz CT molecular complexity index is 177. The van der Waals surface area contributed by atoms with Gasteiger partial charge in [-0.3, -0.25) is 4.90 Å². The average molecular weight is 215 g/mol. The van der Waals surface area contributed by atoms with Crippen LogP contribution in [0.3, 0.4) is 0 Å². The van der Waals surface area contributed by atoms with Gasteiger partial charge in [0.1, 0.15) is 0 Å². The lowest BCUT2D eigenvalue weighted by molar-refractivity contribution is -0.0302. The van der Waals surface area contributed by atoms with E-state index in [0.29, 0.717) is 6.04 Å². The van der Waals surface area contributed by atoms with E-state index in [0.717, 1.165) is 19.8 Å². The van der Waals surface area contributed by atoms with Gasteiger partial charge < -0.3 is 9.47 Å². The van der Waals surface area contributed by atoms with Crippen LogP contribution in [-0.2, 0) is 9.47 Å². The fraction of sp³-hybridized carbons (Fsp3) is 1.00. The largest absolute Gasteiger partial charge is 0.383 e. The highest BCUT2D eigenvalue weighted by molar-refractivity contribution is 4.79. The fourth-order valence-electron chi connectivity index (χ4n) is 1.93. The molecule has 0 aliphatic carbocycles. The zero-order chi connectivity index (χ0) is 11.3. The Morgan fingerprint density at radius 2 is 2.07 bits per heavy atom. The number of methoxy groups -OCH3 is 1. The van der Waals surface area contributed by atoms with E-state index < -0.39 is 0 Å². The summed E-state index contributed by atoms with van der Waals surface area (Å²) in [6, 6.07) is 0.597. The van der Waals surface area contributed by atoms with Crippen molar-refractivity contribution in [2.75, 3.05) is 33.4 Å². The Kier molecular flexibility index (Phi) is 5.03. The molecule has 0 bridgehead atoms. The molecule has 1 heterocycles. The second-order valence-electron chi connectivity index (χ2n) is 5.25. The lowest BCUT2D eigenvalue weighted by Crippen LogP contribution is -2.37. The van der Waals surface area contributed by atoms with Crippen LogP contribution in [0.1, 0.15) is 33.6 Å². The van der Waals surface area contributed by atoms with Crippen LogP contribution in [0, 0.1) is 0 Å². The van der Waals surface area contributed by atoms with E-state index in [1.807, 2.05) is 0 Å². The molecule has 1 fully saturated rings. The van der Waals surface area contributed by atoms with Crippen LogP contribution in [-0.4, -0.2) is 50.0 Å². The number of hydrogen-bond acceptors (Lipinski definition) is 3. The molecule has 1 saturated heterocycles. The van der Waals surface area contributed by atoms with E-state index >= 15 is 0 Å². The van der Waals surface area contributed by atoms with Crippen molar-refractivity contribution in [3.05, 3.63) is 0 Å². The van der Waals surface area contributed by atoms with Gasteiger partial charge in [-0.05, 0) is 40.2 Å². The quantitative estimate of drug-likeness (QED) is 0.699. The first kappa shape index (κ1) is 12.9. The van der Waals surface area contributed by atoms with Gasteiger partial charge >= 0.3 is 0 Å². The third-order valence-corrected chi connectivity index (χ3v) is 2.79. The highest BCUT2D eigenvalue weighted by Crippen LogP contribution is 2.19. The molecule has 0 spiro atoms. The smallest absolute Gasteiger partial charge is 0.0628 e. The van der Waals surface area contributed by atoms with E-state index in [2.05, 4.69) is 25.7 Å². The van der Waals surface area contributed by atoms with Crippen molar-refractivity contribution in [3.8, 4) is 0 Å². The van der Waals surface area contributed by atoms with Gasteiger partial charge in [0, 0.05) is 19.7 Å². The summed E-state index contributed by atoms with van der Waals surface area (Å²) in [6.07, 6.45) is 2.56. The minimum atomic E-state index is -0.0183. The Morgan fingerprint density at radius 3 is 2.67 bits per heavy atom. The Hall–Kier alpha value is -0.120. The van der Waals surface area contributed by atoms with E-state index in [1.165, 1.54) is 19.4 Å². The Labute approximate surface area is 93.7 Å². The van der Waals surface area contributed by atoms with Gasteiger partial charge in [0.25, 0.3) is 0 Å². The standard InChI is InChI=1S/C12H25NO2/c1-12(2,3)15-10-11-6-5-7-13(11)8-9-14-4/h11H,5-10H2,1-4H3/t11-/m0/s1. The molecule has 0 radical (unpaired) electrons. The summed E-state index contributed by atoms with van der Waals surface area (Å²) in [6.45, 7) is 10.2. The molecule has 15 heavy (non-hydrogen) atoms. The lowest BCUT2D eigenvalue weighted by Gasteiger charge is -2.28. The van der Waals surface area contributed by atoms with Crippen LogP contribution in [0.25, 0.3) is 0 Å². The fourth-order valence-corrected chi connectivity index (χ4v) is 1.93. The monoisotopic (exact) mass is 215 g/mol. The second kappa shape index (κ2) is 5.83. The molecule has 0 aromatic rings. The van der Waals surface area contributed by atoms with Gasteiger partial charge in [-0.25, -0.2) is 0 Å². The molecule has 0 aromatic carbocycles. The van der Waals surface area contributed by atoms with Gasteiger partial charge in [-0.2, -0.15) is 0 Å². The minimum absolute atomic E-state index is 0.0183. The summed E-state index contributed by atoms with van der Waals surface area (Å²) < 4.78 is 11.0. The molecule has 3 nitrogen and oxygen atoms in total. The van der Waals surface area contributed by atoms with Gasteiger partial charge in [-0.15, -0.1) is 0 Å². The predicted octanol–water partition coefficient (Wildman–Crippen LogP) is 1.91. The van der Waals surface area contributed by atoms with Crippen molar-refractivity contribution in [2.24, 2.45) is 0 Å². The van der Waals surface area contributed by atoms with Gasteiger partial charge in [0.05, 0.1) is 18.8 Å². The third kappa shape index (κ3) is 4.96. The maximum absolute atomic E-state index is 5.84. The summed E-state index contributed by atoms with van der Waals surface area (Å²) in [5, 5.41) is 0. The van der Waals surface area contributed by atoms with Crippen LogP contribution < -0.4 is 0 Å². The second-order valence-corrected chi connectivity index (χ2v) is 5.25. The highest BCUT2D eigenvalue weighted by Gasteiger charge is 2.25. The molecular formula is C12H25NO2. The minimum Gasteiger partial charge on any atom is -0.383 e. The SMILES string of the molecule is COCCN1CCC[C@H]1COC(C)(C)C. The normalized spacial score (nSPS) is 23.6. The average Bonchev–Trinajstić information content (AvgIpc) is 2.57. The molecule has 1 aliphatic rings. The van der Waals surface area contributed by atoms with Crippen LogP contribution in [0.5, 0.6) is 0 Å². The predicted molar refractivity (Wildman–Crippen MR) is 62.2 cm³/mol. The molecule has 1 atom stereocenters. The first-order valence-corrected chi connectivity index (χ1v) is 5.90. The number of rotatable bonds is 5. The molecule has 1 rings (SSSR count). The van der Waals surface area contributed by atoms with Crippen LogP contribution in [0.15, 0.2) is 0 Å². The van der Waals surface area contributed by atoms with Crippen molar-refractivity contribution in [3.63, 3.8) is 0 Å². The first-order chi connectivity index (χ1) is 7.03. The van der Waals surface area contributed by atoms with Crippen molar-refractivity contribution >= 4 is 0 Å². The summed E-state index contributed by atoms with van der Waals surface area (Å²) >= 11 is 0. The van der Waals surface area contributed by atoms with Crippen molar-refractivity contribution in [1.82, 2.24) is 4.90 Å². The van der Waals surface area contributed by atoms with Crippen LogP contribution >= 0.6 is 0 Å². The van der Waals surface area contributed by atoms with Crippen LogP contribution in [0.2, 0.25) is 0 Å². The van der Waals surface area contributed by atoms with Gasteiger partial charge in [0.15, 0.2) is 0 Å². The van der Waals surface area contributed by atoms with E-state index in [1.54, 1.807) is 7.11 Å². The molecule has 90 valence electrons. The molecular weight excluding hydrogens is 190 g/mol. The lowest BCUT2D eigenvalue weighted by atomic mass is 10.2. The van der Waals surface area contributed by atoms with E-state index in [4.69, 9.17) is 9.47 Å². The zero-order valence-corrected chi connectivity index (χ0v) is 10.6. The number of ether oxygens (including phenoxy) is 2. The highest BCUT2D eigenvalue weighted by atomic mass is 16.5. The molecule has 0 N–H and O–H groups in total. The molecule has 3 heteroatoms. The van der Waals surface area contributed by atoms with E-state index in [9.17, 15) is 0 Å². The molecule has 0 amide bonds. The maximum atomic E-state index is 5.84. The topological polar surface area (TPSA) is 21.7 Å². The van der Waals surface area contributed by atoms with Crippen molar-refractivity contribution < 1.29 is 9.47 Å². The zero-order valence-electron chi connectivity index (χ0n) is 10.6. The Morgan fingerprint density at radius 1 is 1.33 bits per heavy atom. The van der Waals surface area contributed by atoms with E-state index in [-0.39, 0.29) is 5.60 Å². The summed E-state index contributed by atoms with van der Waals surface area (Å²) in [5.74, 6) is 0. The summed E-state index contributed by atoms with van der Waals surface area (Å²) in [4.78, 5) is 2.48. The number of likely N-dealkylation sites (tertiary alicyclic amines) is 1. The van der Waals surface area contributed by atoms with Gasteiger partial charge in [-0.1, -0.05) is 0 Å². The summed E-state index contributed by atoms with van der Waals surface area (Å²) in [5.41, 5.74) is -0.0183. The molecule has 0 aromatic heterocycles. The van der Waals surface area contributed by atoms with Gasteiger partial charge in [0.2, 0.25) is 0 Å². The molecule has 1 aliphatic heterocycles. The first-order valence-electron chi connectivity index (χ1n) is 5.90. The van der Waals surface area contributed by atoms with Crippen LogP contribution in [0.4, 0.5) is 0 Å². The number of nitrogens with zero attached hydrogens (tertiary/aromatic N) is 1.